The van der Waals surface area contributed by atoms with Gasteiger partial charge in [-0.1, -0.05) is 241 Å². The molecule has 6 amide bonds. The molecular weight excluding hydrogens is 1700 g/mol. The number of alkyl carbamates (subject to hydrolysis) is 1. The number of rotatable bonds is 52. The summed E-state index contributed by atoms with van der Waals surface area (Å²) in [6.45, 7) is 22.6. The number of amides is 6. The van der Waals surface area contributed by atoms with Gasteiger partial charge in [-0.2, -0.15) is 11.8 Å². The predicted octanol–water partition coefficient (Wildman–Crippen LogP) is 17.2. The van der Waals surface area contributed by atoms with Gasteiger partial charge in [0.25, 0.3) is 0 Å². The number of ketones is 6. The fourth-order valence-corrected chi connectivity index (χ4v) is 17.9. The van der Waals surface area contributed by atoms with Gasteiger partial charge in [0.1, 0.15) is 28.3 Å². The van der Waals surface area contributed by atoms with E-state index in [4.69, 9.17) is 14.5 Å². The number of unbranched alkanes of at least 4 members (excludes halogenated alkanes) is 1. The predicted molar refractivity (Wildman–Crippen MR) is 520 cm³/mol. The van der Waals surface area contributed by atoms with Crippen molar-refractivity contribution in [2.24, 2.45) is 41.4 Å². The average Bonchev–Trinajstić information content (AvgIpc) is 1.72. The molecule has 0 fully saturated rings. The summed E-state index contributed by atoms with van der Waals surface area (Å²) in [6, 6.07) is 62.0. The zero-order chi connectivity index (χ0) is 96.6. The zero-order valence-corrected chi connectivity index (χ0v) is 80.5. The first-order valence-electron chi connectivity index (χ1n) is 46.6. The maximum absolute atomic E-state index is 15.7. The number of nitrogens with zero attached hydrogens (tertiary/aromatic N) is 3. The van der Waals surface area contributed by atoms with Crippen molar-refractivity contribution in [3.63, 3.8) is 0 Å². The highest BCUT2D eigenvalue weighted by atomic mass is 32.2. The van der Waals surface area contributed by atoms with Crippen LogP contribution in [0.15, 0.2) is 225 Å². The number of imidazole rings is 1. The first-order valence-corrected chi connectivity index (χ1v) is 48.0. The Hall–Kier alpha value is -12.3. The van der Waals surface area contributed by atoms with Gasteiger partial charge < -0.3 is 45.9 Å². The summed E-state index contributed by atoms with van der Waals surface area (Å²) in [4.78, 5) is 193. The molecule has 9 aromatic rings. The third kappa shape index (κ3) is 30.1. The van der Waals surface area contributed by atoms with Crippen molar-refractivity contribution in [1.82, 2.24) is 46.0 Å². The first-order chi connectivity index (χ1) is 63.4. The van der Waals surface area contributed by atoms with E-state index in [9.17, 15) is 43.2 Å². The molecule has 708 valence electrons. The molecule has 2 heterocycles. The minimum absolute atomic E-state index is 0.0475. The monoisotopic (exact) mass is 1830 g/mol. The van der Waals surface area contributed by atoms with Gasteiger partial charge >= 0.3 is 12.2 Å². The molecule has 0 saturated carbocycles. The fraction of sp³-hybridized carbons (Fsp3) is 0.444. The lowest BCUT2D eigenvalue weighted by Gasteiger charge is -2.39. The Morgan fingerprint density at radius 1 is 0.489 bits per heavy atom. The van der Waals surface area contributed by atoms with E-state index in [2.05, 4.69) is 31.9 Å². The van der Waals surface area contributed by atoms with Crippen molar-refractivity contribution >= 4 is 99.1 Å². The van der Waals surface area contributed by atoms with Crippen LogP contribution in [0.2, 0.25) is 0 Å². The molecule has 133 heavy (non-hydrogen) atoms. The van der Waals surface area contributed by atoms with Gasteiger partial charge in [0.15, 0.2) is 23.1 Å². The molecular formula is C108H135N9O15S. The van der Waals surface area contributed by atoms with Crippen molar-refractivity contribution in [3.05, 3.63) is 270 Å². The van der Waals surface area contributed by atoms with Crippen molar-refractivity contribution in [2.75, 3.05) is 31.6 Å². The van der Waals surface area contributed by atoms with Crippen LogP contribution in [0, 0.1) is 41.4 Å². The number of aromatic nitrogens is 3. The standard InChI is InChI=1S/C108H135N9O15S/c1-15-76(67-112-103(129)131-105(8,9)10)59-99(125)110-56-37-36-52-98(124)114-92(54-53-88(119)66-107(81-38-22-16-23-39-81,82-40-24-17-25-41-82)83-42-26-18-27-43-83)96(122)64-78(60-80-70-116(104(130)132-106(11,12)13)94-51-35-34-50-90(80)94)100(126)113-74(6)95(121)65-91(73(4)5)102(128)111-69-89(120)62-79(101(127)115-93(58-72(2)3)97(123)63-77(75(7)118)55-57-133-14)61-87-68-109-71-117(87)108(84-44-28-19-29-45-84,85-46-30-20-31-47-85)86-48-32-21-33-49-86/h16-35,38-51,68,70-74,76-79,91-93H,15,36-37,52-67,69H2,1-14H3,(H,110,125)(H,111,128)(H,112,129)(H,113,126)(H,114,124)(H,115,127)/t74-,76?,77+,78+,79+,91-,92-,93-/m0/s1. The number of ether oxygens (including phenoxy) is 2. The van der Waals surface area contributed by atoms with Crippen LogP contribution in [0.3, 0.4) is 0 Å². The Kier molecular flexibility index (Phi) is 39.3. The zero-order valence-electron chi connectivity index (χ0n) is 79.7. The Labute approximate surface area is 788 Å². The van der Waals surface area contributed by atoms with E-state index in [1.807, 2.05) is 214 Å². The molecule has 8 atom stereocenters. The van der Waals surface area contributed by atoms with E-state index >= 15 is 19.2 Å². The molecule has 7 aromatic carbocycles. The smallest absolute Gasteiger partial charge is 0.419 e. The Balaban J connectivity index is 0.979. The Morgan fingerprint density at radius 2 is 1.00 bits per heavy atom. The molecule has 0 aliphatic rings. The second kappa shape index (κ2) is 50.0. The topological polar surface area (TPSA) is 335 Å². The number of hydrogen-bond acceptors (Lipinski definition) is 17. The number of Topliss-reactive ketones (excluding diaryl/α,β-unsaturated/α-hetero) is 6. The van der Waals surface area contributed by atoms with Gasteiger partial charge in [-0.15, -0.1) is 0 Å². The van der Waals surface area contributed by atoms with E-state index in [1.165, 1.54) is 18.4 Å². The molecule has 0 aliphatic heterocycles. The van der Waals surface area contributed by atoms with Crippen LogP contribution >= 0.6 is 11.8 Å². The van der Waals surface area contributed by atoms with Gasteiger partial charge in [-0.25, -0.2) is 14.6 Å². The summed E-state index contributed by atoms with van der Waals surface area (Å²) in [5.41, 5.74) is 2.93. The largest absolute Gasteiger partial charge is 0.444 e. The summed E-state index contributed by atoms with van der Waals surface area (Å²) in [7, 11) is 0. The first kappa shape index (κ1) is 104. The third-order valence-corrected chi connectivity index (χ3v) is 25.1. The number of carbonyl (C=O) groups excluding carboxylic acids is 13. The highest BCUT2D eigenvalue weighted by Crippen LogP contribution is 2.45. The normalized spacial score (nSPS) is 13.7. The van der Waals surface area contributed by atoms with Crippen LogP contribution in [-0.4, -0.2) is 152 Å². The molecule has 0 radical (unpaired) electrons. The van der Waals surface area contributed by atoms with E-state index in [-0.39, 0.29) is 112 Å². The molecule has 0 aliphatic carbocycles. The van der Waals surface area contributed by atoms with Crippen LogP contribution in [-0.2, 0) is 86.0 Å². The highest BCUT2D eigenvalue weighted by Gasteiger charge is 2.43. The van der Waals surface area contributed by atoms with Crippen molar-refractivity contribution in [1.29, 1.82) is 0 Å². The van der Waals surface area contributed by atoms with Gasteiger partial charge in [-0.05, 0) is 169 Å². The number of fused-ring (bicyclic) bond motifs is 1. The SMILES string of the molecule is CCC(CNC(=O)OC(C)(C)C)CC(=O)NCCCCC(=O)N[C@@H](CCC(=O)CC(c1ccccc1)(c1ccccc1)c1ccccc1)C(=O)C[C@@H](Cc1cn(C(=O)OC(C)(C)C)c2ccccc12)C(=O)N[C@@H](C)C(=O)C[C@H](C(=O)NCC(=O)C[C@@H](Cc1cncn1C(c1ccccc1)(c1ccccc1)c1ccccc1)C(=O)N[C@@H](CC(C)C)C(=O)C[C@@H](CCSC)C(C)=O)C(C)C. The quantitative estimate of drug-likeness (QED) is 0.0152. The second-order valence-electron chi connectivity index (χ2n) is 37.8. The molecule has 24 nitrogen and oxygen atoms in total. The Bertz CT molecular complexity index is 5180. The minimum atomic E-state index is -1.35. The van der Waals surface area contributed by atoms with Gasteiger partial charge in [0.05, 0.1) is 47.8 Å². The molecule has 0 saturated heterocycles. The number of para-hydroxylation sites is 1. The number of benzene rings is 7. The number of hydrogen-bond donors (Lipinski definition) is 6. The van der Waals surface area contributed by atoms with Gasteiger partial charge in [-0.3, -0.25) is 57.3 Å². The molecule has 0 spiro atoms. The van der Waals surface area contributed by atoms with E-state index in [0.717, 1.165) is 33.4 Å². The molecule has 25 heteroatoms. The lowest BCUT2D eigenvalue weighted by atomic mass is 9.66. The number of nitrogens with one attached hydrogen (secondary N) is 6. The van der Waals surface area contributed by atoms with Gasteiger partial charge in [0, 0.05) is 112 Å². The molecule has 9 rings (SSSR count). The van der Waals surface area contributed by atoms with Gasteiger partial charge in [0.2, 0.25) is 29.5 Å². The molecule has 6 N–H and O–H groups in total. The fourth-order valence-electron chi connectivity index (χ4n) is 17.4. The lowest BCUT2D eigenvalue weighted by Crippen LogP contribution is -2.47. The molecule has 1 unspecified atom stereocenters. The summed E-state index contributed by atoms with van der Waals surface area (Å²) in [5.74, 6) is -9.44. The van der Waals surface area contributed by atoms with Crippen LogP contribution in [0.5, 0.6) is 0 Å². The summed E-state index contributed by atoms with van der Waals surface area (Å²) >= 11 is 1.57. The van der Waals surface area contributed by atoms with Crippen molar-refractivity contribution in [2.45, 2.75) is 233 Å². The maximum atomic E-state index is 15.7. The van der Waals surface area contributed by atoms with Crippen molar-refractivity contribution < 1.29 is 71.8 Å². The van der Waals surface area contributed by atoms with Crippen LogP contribution < -0.4 is 31.9 Å². The van der Waals surface area contributed by atoms with Crippen LogP contribution in [0.4, 0.5) is 9.59 Å². The van der Waals surface area contributed by atoms with E-state index in [0.29, 0.717) is 47.2 Å². The second-order valence-corrected chi connectivity index (χ2v) is 38.8. The molecule has 0 bridgehead atoms. The van der Waals surface area contributed by atoms with Crippen LogP contribution in [0.1, 0.15) is 225 Å². The third-order valence-electron chi connectivity index (χ3n) is 24.4. The van der Waals surface area contributed by atoms with E-state index in [1.54, 1.807) is 110 Å². The van der Waals surface area contributed by atoms with Crippen molar-refractivity contribution in [3.8, 4) is 0 Å². The summed E-state index contributed by atoms with van der Waals surface area (Å²) in [5, 5.41) is 17.9. The average molecular weight is 1830 g/mol. The number of carbonyl (C=O) groups is 13. The maximum Gasteiger partial charge on any atom is 0.419 e. The van der Waals surface area contributed by atoms with E-state index < -0.39 is 149 Å². The minimum Gasteiger partial charge on any atom is -0.444 e. The molecule has 2 aromatic heterocycles. The van der Waals surface area contributed by atoms with Crippen LogP contribution in [0.25, 0.3) is 10.9 Å². The summed E-state index contributed by atoms with van der Waals surface area (Å²) < 4.78 is 14.6. The summed E-state index contributed by atoms with van der Waals surface area (Å²) in [6.07, 6.45) is 5.38. The highest BCUT2D eigenvalue weighted by molar-refractivity contribution is 7.98. The Morgan fingerprint density at radius 3 is 1.52 bits per heavy atom. The lowest BCUT2D eigenvalue weighted by molar-refractivity contribution is -0.135. The number of thioether (sulfide) groups is 1.